The van der Waals surface area contributed by atoms with E-state index in [0.717, 1.165) is 4.90 Å². The van der Waals surface area contributed by atoms with Crippen molar-refractivity contribution in [3.8, 4) is 0 Å². The number of sulfonamides is 1. The third-order valence-electron chi connectivity index (χ3n) is 4.31. The molecule has 0 fully saturated rings. The molecule has 3 amide bonds. The first-order chi connectivity index (χ1) is 12.7. The molecular weight excluding hydrogens is 370 g/mol. The second kappa shape index (κ2) is 6.93. The molecule has 0 saturated heterocycles. The Bertz CT molecular complexity index is 996. The van der Waals surface area contributed by atoms with Gasteiger partial charge in [0, 0.05) is 6.54 Å². The standard InChI is InChI=1S/C18H17N3O5S/c1-11(21-17(23)14-4-2-3-5-15(14)18(21)24)16(22)20-10-12-6-8-13(9-7-12)27(19,25)26/h2-9,11H,10H2,1H3,(H,20,22)(H2,19,25,26). The monoisotopic (exact) mass is 387 g/mol. The van der Waals surface area contributed by atoms with Gasteiger partial charge in [0.1, 0.15) is 6.04 Å². The molecular formula is C18H17N3O5S. The van der Waals surface area contributed by atoms with Crippen LogP contribution in [0.4, 0.5) is 0 Å². The van der Waals surface area contributed by atoms with Crippen molar-refractivity contribution in [3.63, 3.8) is 0 Å². The zero-order valence-electron chi connectivity index (χ0n) is 14.4. The van der Waals surface area contributed by atoms with Crippen LogP contribution in [0.3, 0.4) is 0 Å². The minimum absolute atomic E-state index is 0.0306. The van der Waals surface area contributed by atoms with E-state index in [0.29, 0.717) is 5.56 Å². The number of benzene rings is 2. The molecule has 0 aliphatic carbocycles. The first-order valence-electron chi connectivity index (χ1n) is 8.06. The van der Waals surface area contributed by atoms with E-state index in [1.54, 1.807) is 24.3 Å². The van der Waals surface area contributed by atoms with E-state index in [1.165, 1.54) is 31.2 Å². The average molecular weight is 387 g/mol. The highest BCUT2D eigenvalue weighted by atomic mass is 32.2. The zero-order chi connectivity index (χ0) is 19.8. The average Bonchev–Trinajstić information content (AvgIpc) is 2.90. The maximum absolute atomic E-state index is 12.4. The van der Waals surface area contributed by atoms with E-state index in [4.69, 9.17) is 5.14 Å². The fourth-order valence-corrected chi connectivity index (χ4v) is 3.33. The highest BCUT2D eigenvalue weighted by Crippen LogP contribution is 2.24. The molecule has 2 aromatic rings. The minimum atomic E-state index is -3.78. The van der Waals surface area contributed by atoms with Crippen LogP contribution in [-0.4, -0.2) is 37.1 Å². The molecule has 0 radical (unpaired) electrons. The van der Waals surface area contributed by atoms with Crippen molar-refractivity contribution in [2.75, 3.05) is 0 Å². The molecule has 3 N–H and O–H groups in total. The predicted octanol–water partition coefficient (Wildman–Crippen LogP) is 0.635. The van der Waals surface area contributed by atoms with Gasteiger partial charge in [-0.05, 0) is 36.8 Å². The molecule has 9 heteroatoms. The van der Waals surface area contributed by atoms with Crippen LogP contribution in [0.1, 0.15) is 33.2 Å². The summed E-state index contributed by atoms with van der Waals surface area (Å²) in [4.78, 5) is 38.1. The van der Waals surface area contributed by atoms with Crippen molar-refractivity contribution in [1.29, 1.82) is 0 Å². The maximum atomic E-state index is 12.4. The van der Waals surface area contributed by atoms with Crippen molar-refractivity contribution >= 4 is 27.7 Å². The van der Waals surface area contributed by atoms with Gasteiger partial charge in [0.2, 0.25) is 15.9 Å². The van der Waals surface area contributed by atoms with E-state index in [9.17, 15) is 22.8 Å². The molecule has 1 aliphatic heterocycles. The first kappa shape index (κ1) is 18.7. The van der Waals surface area contributed by atoms with E-state index >= 15 is 0 Å². The number of amides is 3. The largest absolute Gasteiger partial charge is 0.350 e. The fourth-order valence-electron chi connectivity index (χ4n) is 2.81. The van der Waals surface area contributed by atoms with Gasteiger partial charge in [0.05, 0.1) is 16.0 Å². The number of nitrogens with one attached hydrogen (secondary N) is 1. The van der Waals surface area contributed by atoms with Gasteiger partial charge in [-0.3, -0.25) is 19.3 Å². The highest BCUT2D eigenvalue weighted by Gasteiger charge is 2.40. The normalized spacial score (nSPS) is 14.8. The van der Waals surface area contributed by atoms with Gasteiger partial charge in [-0.2, -0.15) is 0 Å². The third-order valence-corrected chi connectivity index (χ3v) is 5.24. The fraction of sp³-hybridized carbons (Fsp3) is 0.167. The summed E-state index contributed by atoms with van der Waals surface area (Å²) in [6.45, 7) is 1.58. The Hall–Kier alpha value is -3.04. The molecule has 140 valence electrons. The molecule has 0 bridgehead atoms. The summed E-state index contributed by atoms with van der Waals surface area (Å²) < 4.78 is 22.5. The van der Waals surface area contributed by atoms with Gasteiger partial charge >= 0.3 is 0 Å². The molecule has 8 nitrogen and oxygen atoms in total. The molecule has 0 saturated carbocycles. The third kappa shape index (κ3) is 3.60. The predicted molar refractivity (Wildman–Crippen MR) is 96.1 cm³/mol. The van der Waals surface area contributed by atoms with Gasteiger partial charge in [-0.15, -0.1) is 0 Å². The Balaban J connectivity index is 1.67. The van der Waals surface area contributed by atoms with Crippen molar-refractivity contribution in [3.05, 3.63) is 65.2 Å². The minimum Gasteiger partial charge on any atom is -0.350 e. The Morgan fingerprint density at radius 3 is 2.04 bits per heavy atom. The van der Waals surface area contributed by atoms with Gasteiger partial charge in [-0.25, -0.2) is 13.6 Å². The van der Waals surface area contributed by atoms with Crippen LogP contribution in [0, 0.1) is 0 Å². The SMILES string of the molecule is CC(C(=O)NCc1ccc(S(N)(=O)=O)cc1)N1C(=O)c2ccccc2C1=O. The quantitative estimate of drug-likeness (QED) is 0.728. The van der Waals surface area contributed by atoms with Crippen LogP contribution in [0.5, 0.6) is 0 Å². The van der Waals surface area contributed by atoms with Crippen LogP contribution >= 0.6 is 0 Å². The van der Waals surface area contributed by atoms with Gasteiger partial charge < -0.3 is 5.32 Å². The molecule has 1 aliphatic rings. The zero-order valence-corrected chi connectivity index (χ0v) is 15.2. The number of carbonyl (C=O) groups excluding carboxylic acids is 3. The van der Waals surface area contributed by atoms with Crippen molar-refractivity contribution < 1.29 is 22.8 Å². The molecule has 27 heavy (non-hydrogen) atoms. The second-order valence-electron chi connectivity index (χ2n) is 6.11. The Morgan fingerprint density at radius 2 is 1.56 bits per heavy atom. The maximum Gasteiger partial charge on any atom is 0.262 e. The number of hydrogen-bond acceptors (Lipinski definition) is 5. The van der Waals surface area contributed by atoms with Crippen LogP contribution in [0.25, 0.3) is 0 Å². The Labute approximate surface area is 156 Å². The molecule has 1 atom stereocenters. The number of primary sulfonamides is 1. The van der Waals surface area contributed by atoms with Gasteiger partial charge in [0.25, 0.3) is 11.8 Å². The number of imide groups is 1. The van der Waals surface area contributed by atoms with E-state index in [-0.39, 0.29) is 22.6 Å². The lowest BCUT2D eigenvalue weighted by atomic mass is 10.1. The van der Waals surface area contributed by atoms with Crippen LogP contribution < -0.4 is 10.5 Å². The number of nitrogens with zero attached hydrogens (tertiary/aromatic N) is 1. The molecule has 1 heterocycles. The van der Waals surface area contributed by atoms with Crippen LogP contribution in [0.15, 0.2) is 53.4 Å². The summed E-state index contributed by atoms with van der Waals surface area (Å²) in [7, 11) is -3.78. The Kier molecular flexibility index (Phi) is 4.81. The lowest BCUT2D eigenvalue weighted by Gasteiger charge is -2.21. The number of rotatable bonds is 5. The van der Waals surface area contributed by atoms with Gasteiger partial charge in [-0.1, -0.05) is 24.3 Å². The van der Waals surface area contributed by atoms with E-state index in [2.05, 4.69) is 5.32 Å². The number of fused-ring (bicyclic) bond motifs is 1. The van der Waals surface area contributed by atoms with E-state index < -0.39 is 33.8 Å². The van der Waals surface area contributed by atoms with Crippen molar-refractivity contribution in [1.82, 2.24) is 10.2 Å². The number of nitrogens with two attached hydrogens (primary N) is 1. The van der Waals surface area contributed by atoms with Crippen LogP contribution in [0.2, 0.25) is 0 Å². The lowest BCUT2D eigenvalue weighted by molar-refractivity contribution is -0.124. The number of hydrogen-bond donors (Lipinski definition) is 2. The molecule has 2 aromatic carbocycles. The van der Waals surface area contributed by atoms with Crippen molar-refractivity contribution in [2.45, 2.75) is 24.4 Å². The lowest BCUT2D eigenvalue weighted by Crippen LogP contribution is -2.47. The summed E-state index contributed by atoms with van der Waals surface area (Å²) in [5.74, 6) is -1.51. The first-order valence-corrected chi connectivity index (χ1v) is 9.61. The summed E-state index contributed by atoms with van der Waals surface area (Å²) >= 11 is 0. The summed E-state index contributed by atoms with van der Waals surface area (Å²) in [6, 6.07) is 11.1. The van der Waals surface area contributed by atoms with Crippen molar-refractivity contribution in [2.24, 2.45) is 5.14 Å². The van der Waals surface area contributed by atoms with Crippen LogP contribution in [-0.2, 0) is 21.4 Å². The molecule has 1 unspecified atom stereocenters. The smallest absolute Gasteiger partial charge is 0.262 e. The molecule has 3 rings (SSSR count). The topological polar surface area (TPSA) is 127 Å². The molecule has 0 aromatic heterocycles. The Morgan fingerprint density at radius 1 is 1.04 bits per heavy atom. The van der Waals surface area contributed by atoms with E-state index in [1.807, 2.05) is 0 Å². The summed E-state index contributed by atoms with van der Waals surface area (Å²) in [5.41, 5.74) is 1.20. The number of carbonyl (C=O) groups is 3. The summed E-state index contributed by atoms with van der Waals surface area (Å²) in [6.07, 6.45) is 0. The second-order valence-corrected chi connectivity index (χ2v) is 7.67. The highest BCUT2D eigenvalue weighted by molar-refractivity contribution is 7.89. The molecule has 0 spiro atoms. The summed E-state index contributed by atoms with van der Waals surface area (Å²) in [5, 5.41) is 7.67. The van der Waals surface area contributed by atoms with Gasteiger partial charge in [0.15, 0.2) is 0 Å².